The highest BCUT2D eigenvalue weighted by Crippen LogP contribution is 2.26. The molecule has 0 amide bonds. The summed E-state index contributed by atoms with van der Waals surface area (Å²) in [6, 6.07) is 0. The predicted molar refractivity (Wildman–Crippen MR) is 65.2 cm³/mol. The van der Waals surface area contributed by atoms with E-state index < -0.39 is 10.0 Å². The first-order valence-corrected chi connectivity index (χ1v) is 7.38. The van der Waals surface area contributed by atoms with Gasteiger partial charge in [-0.15, -0.1) is 0 Å². The number of nitrogens with one attached hydrogen (secondary N) is 1. The van der Waals surface area contributed by atoms with E-state index in [0.29, 0.717) is 35.3 Å². The molecule has 1 N–H and O–H groups in total. The maximum Gasteiger partial charge on any atom is 0.246 e. The van der Waals surface area contributed by atoms with Gasteiger partial charge in [0.2, 0.25) is 10.0 Å². The highest BCUT2D eigenvalue weighted by Gasteiger charge is 2.31. The van der Waals surface area contributed by atoms with Crippen molar-refractivity contribution in [2.45, 2.75) is 38.5 Å². The molecule has 0 spiro atoms. The van der Waals surface area contributed by atoms with Crippen LogP contribution in [0.1, 0.15) is 31.2 Å². The number of piperidine rings is 1. The Bertz CT molecular complexity index is 479. The normalized spacial score (nSPS) is 19.7. The van der Waals surface area contributed by atoms with Gasteiger partial charge in [0.05, 0.1) is 11.4 Å². The van der Waals surface area contributed by atoms with E-state index in [2.05, 4.69) is 17.1 Å². The summed E-state index contributed by atoms with van der Waals surface area (Å²) < 4.78 is 26.5. The Hall–Kier alpha value is -0.880. The standard InChI is InChI=1S/C11H19N3O2S/c1-8-4-6-14(7-5-8)17(15,16)11-9(2)12-13-10(11)3/h8H,4-7H2,1-3H3,(H,12,13). The van der Waals surface area contributed by atoms with Crippen LogP contribution in [0.3, 0.4) is 0 Å². The molecule has 0 saturated carbocycles. The molecule has 1 aliphatic rings. The van der Waals surface area contributed by atoms with E-state index in [9.17, 15) is 8.42 Å². The summed E-state index contributed by atoms with van der Waals surface area (Å²) in [7, 11) is -3.36. The average Bonchev–Trinajstić information content (AvgIpc) is 2.59. The van der Waals surface area contributed by atoms with Crippen molar-refractivity contribution in [2.24, 2.45) is 5.92 Å². The maximum atomic E-state index is 12.5. The zero-order valence-corrected chi connectivity index (χ0v) is 11.3. The Morgan fingerprint density at radius 3 is 2.35 bits per heavy atom. The fourth-order valence-electron chi connectivity index (χ4n) is 2.28. The number of aromatic amines is 1. The number of aromatic nitrogens is 2. The molecular formula is C11H19N3O2S. The predicted octanol–water partition coefficient (Wildman–Crippen LogP) is 1.45. The van der Waals surface area contributed by atoms with Crippen LogP contribution >= 0.6 is 0 Å². The zero-order chi connectivity index (χ0) is 12.6. The van der Waals surface area contributed by atoms with Gasteiger partial charge in [0.1, 0.15) is 4.90 Å². The van der Waals surface area contributed by atoms with Crippen LogP contribution in [0.4, 0.5) is 0 Å². The molecule has 2 heterocycles. The van der Waals surface area contributed by atoms with Crippen molar-refractivity contribution in [3.05, 3.63) is 11.4 Å². The van der Waals surface area contributed by atoms with Crippen LogP contribution in [0.15, 0.2) is 4.90 Å². The smallest absolute Gasteiger partial charge is 0.246 e. The lowest BCUT2D eigenvalue weighted by Crippen LogP contribution is -2.38. The Balaban J connectivity index is 2.31. The zero-order valence-electron chi connectivity index (χ0n) is 10.5. The fourth-order valence-corrected chi connectivity index (χ4v) is 4.08. The van der Waals surface area contributed by atoms with Crippen molar-refractivity contribution in [3.8, 4) is 0 Å². The number of hydrogen-bond donors (Lipinski definition) is 1. The lowest BCUT2D eigenvalue weighted by molar-refractivity contribution is 0.288. The summed E-state index contributed by atoms with van der Waals surface area (Å²) in [5, 5.41) is 6.70. The molecule has 0 bridgehead atoms. The lowest BCUT2D eigenvalue weighted by atomic mass is 10.0. The summed E-state index contributed by atoms with van der Waals surface area (Å²) in [5.74, 6) is 0.619. The van der Waals surface area contributed by atoms with E-state index in [1.807, 2.05) is 0 Å². The topological polar surface area (TPSA) is 66.1 Å². The van der Waals surface area contributed by atoms with Crippen LogP contribution in [0.5, 0.6) is 0 Å². The van der Waals surface area contributed by atoms with Crippen molar-refractivity contribution in [1.82, 2.24) is 14.5 Å². The first-order chi connectivity index (χ1) is 7.93. The van der Waals surface area contributed by atoms with E-state index in [0.717, 1.165) is 12.8 Å². The summed E-state index contributed by atoms with van der Waals surface area (Å²) >= 11 is 0. The van der Waals surface area contributed by atoms with Crippen LogP contribution in [0, 0.1) is 19.8 Å². The van der Waals surface area contributed by atoms with E-state index >= 15 is 0 Å². The molecule has 0 unspecified atom stereocenters. The van der Waals surface area contributed by atoms with E-state index in [1.165, 1.54) is 0 Å². The van der Waals surface area contributed by atoms with Crippen molar-refractivity contribution >= 4 is 10.0 Å². The maximum absolute atomic E-state index is 12.5. The molecule has 0 radical (unpaired) electrons. The summed E-state index contributed by atoms with van der Waals surface area (Å²) in [4.78, 5) is 0.354. The molecule has 0 aliphatic carbocycles. The van der Waals surface area contributed by atoms with Crippen molar-refractivity contribution in [2.75, 3.05) is 13.1 Å². The summed E-state index contributed by atoms with van der Waals surface area (Å²) in [5.41, 5.74) is 1.18. The fraction of sp³-hybridized carbons (Fsp3) is 0.727. The van der Waals surface area contributed by atoms with Gasteiger partial charge >= 0.3 is 0 Å². The van der Waals surface area contributed by atoms with Gasteiger partial charge in [-0.2, -0.15) is 9.40 Å². The van der Waals surface area contributed by atoms with Gasteiger partial charge < -0.3 is 0 Å². The molecule has 5 nitrogen and oxygen atoms in total. The third-order valence-electron chi connectivity index (χ3n) is 3.40. The number of aryl methyl sites for hydroxylation is 2. The molecule has 1 aromatic rings. The van der Waals surface area contributed by atoms with E-state index in [1.54, 1.807) is 18.2 Å². The molecule has 2 rings (SSSR count). The second-order valence-corrected chi connectivity index (χ2v) is 6.72. The SMILES string of the molecule is Cc1n[nH]c(C)c1S(=O)(=O)N1CCC(C)CC1. The number of H-pyrrole nitrogens is 1. The van der Waals surface area contributed by atoms with E-state index in [-0.39, 0.29) is 0 Å². The molecule has 6 heteroatoms. The van der Waals surface area contributed by atoms with Gasteiger partial charge in [-0.25, -0.2) is 8.42 Å². The van der Waals surface area contributed by atoms with Crippen LogP contribution < -0.4 is 0 Å². The van der Waals surface area contributed by atoms with Crippen molar-refractivity contribution in [3.63, 3.8) is 0 Å². The molecule has 0 aromatic carbocycles. The molecule has 1 fully saturated rings. The van der Waals surface area contributed by atoms with Gasteiger partial charge in [-0.05, 0) is 32.6 Å². The Kier molecular flexibility index (Phi) is 3.27. The van der Waals surface area contributed by atoms with Crippen LogP contribution in [0.2, 0.25) is 0 Å². The monoisotopic (exact) mass is 257 g/mol. The second kappa shape index (κ2) is 4.42. The molecule has 1 aliphatic heterocycles. The summed E-state index contributed by atoms with van der Waals surface area (Å²) in [6.45, 7) is 6.88. The largest absolute Gasteiger partial charge is 0.281 e. The molecule has 96 valence electrons. The number of rotatable bonds is 2. The van der Waals surface area contributed by atoms with Crippen LogP contribution in [0.25, 0.3) is 0 Å². The summed E-state index contributed by atoms with van der Waals surface area (Å²) in [6.07, 6.45) is 1.88. The highest BCUT2D eigenvalue weighted by atomic mass is 32.2. The van der Waals surface area contributed by atoms with Crippen molar-refractivity contribution < 1.29 is 8.42 Å². The second-order valence-electron chi connectivity index (χ2n) is 4.85. The van der Waals surface area contributed by atoms with Gasteiger partial charge in [-0.3, -0.25) is 5.10 Å². The minimum atomic E-state index is -3.36. The number of sulfonamides is 1. The van der Waals surface area contributed by atoms with Crippen molar-refractivity contribution in [1.29, 1.82) is 0 Å². The van der Waals surface area contributed by atoms with Crippen LogP contribution in [-0.2, 0) is 10.0 Å². The molecule has 17 heavy (non-hydrogen) atoms. The first kappa shape index (κ1) is 12.6. The molecular weight excluding hydrogens is 238 g/mol. The Morgan fingerprint density at radius 1 is 1.29 bits per heavy atom. The third kappa shape index (κ3) is 2.24. The lowest BCUT2D eigenvalue weighted by Gasteiger charge is -2.29. The minimum absolute atomic E-state index is 0.354. The van der Waals surface area contributed by atoms with Gasteiger partial charge in [-0.1, -0.05) is 6.92 Å². The molecule has 0 atom stereocenters. The quantitative estimate of drug-likeness (QED) is 0.872. The van der Waals surface area contributed by atoms with Crippen LogP contribution in [-0.4, -0.2) is 36.0 Å². The third-order valence-corrected chi connectivity index (χ3v) is 5.56. The Labute approximate surface area is 102 Å². The number of nitrogens with zero attached hydrogens (tertiary/aromatic N) is 2. The van der Waals surface area contributed by atoms with Gasteiger partial charge in [0.15, 0.2) is 0 Å². The first-order valence-electron chi connectivity index (χ1n) is 5.94. The van der Waals surface area contributed by atoms with Gasteiger partial charge in [0, 0.05) is 13.1 Å². The minimum Gasteiger partial charge on any atom is -0.281 e. The average molecular weight is 257 g/mol. The molecule has 1 saturated heterocycles. The highest BCUT2D eigenvalue weighted by molar-refractivity contribution is 7.89. The van der Waals surface area contributed by atoms with E-state index in [4.69, 9.17) is 0 Å². The van der Waals surface area contributed by atoms with Gasteiger partial charge in [0.25, 0.3) is 0 Å². The number of hydrogen-bond acceptors (Lipinski definition) is 3. The Morgan fingerprint density at radius 2 is 1.88 bits per heavy atom. The molecule has 1 aromatic heterocycles.